The summed E-state index contributed by atoms with van der Waals surface area (Å²) < 4.78 is 15.7. The SMILES string of the molecule is Nc1ncc(C2CCCCC2)nc1-c1ccc(C(=O)NCc2cccc(Br)c2)c(F)c1. The highest BCUT2D eigenvalue weighted by Crippen LogP contribution is 2.33. The van der Waals surface area contributed by atoms with Crippen molar-refractivity contribution in [2.45, 2.75) is 44.6 Å². The number of anilines is 1. The lowest BCUT2D eigenvalue weighted by atomic mass is 9.87. The van der Waals surface area contributed by atoms with Crippen LogP contribution in [0.1, 0.15) is 59.6 Å². The number of nitrogens with zero attached hydrogens (tertiary/aromatic N) is 2. The number of carbonyl (C=O) groups excluding carboxylic acids is 1. The van der Waals surface area contributed by atoms with Gasteiger partial charge in [-0.05, 0) is 42.7 Å². The number of hydrogen-bond acceptors (Lipinski definition) is 4. The molecule has 0 atom stereocenters. The van der Waals surface area contributed by atoms with E-state index in [1.165, 1.54) is 31.4 Å². The minimum Gasteiger partial charge on any atom is -0.382 e. The number of carbonyl (C=O) groups is 1. The quantitative estimate of drug-likeness (QED) is 0.495. The molecule has 3 N–H and O–H groups in total. The van der Waals surface area contributed by atoms with Crippen LogP contribution in [0.2, 0.25) is 0 Å². The molecular formula is C24H24BrFN4O. The molecule has 1 heterocycles. The van der Waals surface area contributed by atoms with Crippen LogP contribution in [0.4, 0.5) is 10.2 Å². The number of nitrogens with two attached hydrogens (primary N) is 1. The number of nitrogen functional groups attached to an aromatic ring is 1. The van der Waals surface area contributed by atoms with Gasteiger partial charge >= 0.3 is 0 Å². The first-order chi connectivity index (χ1) is 15.0. The van der Waals surface area contributed by atoms with Gasteiger partial charge in [-0.25, -0.2) is 14.4 Å². The highest BCUT2D eigenvalue weighted by atomic mass is 79.9. The van der Waals surface area contributed by atoms with Crippen LogP contribution in [0.3, 0.4) is 0 Å². The molecule has 0 saturated heterocycles. The summed E-state index contributed by atoms with van der Waals surface area (Å²) in [6, 6.07) is 12.0. The van der Waals surface area contributed by atoms with Crippen molar-refractivity contribution in [3.05, 3.63) is 75.8 Å². The smallest absolute Gasteiger partial charge is 0.254 e. The highest BCUT2D eigenvalue weighted by molar-refractivity contribution is 9.10. The molecule has 31 heavy (non-hydrogen) atoms. The van der Waals surface area contributed by atoms with Crippen molar-refractivity contribution in [2.75, 3.05) is 5.73 Å². The molecule has 0 radical (unpaired) electrons. The number of nitrogens with one attached hydrogen (secondary N) is 1. The van der Waals surface area contributed by atoms with Crippen LogP contribution in [0.25, 0.3) is 11.3 Å². The molecule has 0 unspecified atom stereocenters. The molecular weight excluding hydrogens is 459 g/mol. The van der Waals surface area contributed by atoms with Gasteiger partial charge < -0.3 is 11.1 Å². The summed E-state index contributed by atoms with van der Waals surface area (Å²) in [5.74, 6) is -0.466. The van der Waals surface area contributed by atoms with Crippen LogP contribution in [-0.2, 0) is 6.54 Å². The summed E-state index contributed by atoms with van der Waals surface area (Å²) in [7, 11) is 0. The van der Waals surface area contributed by atoms with Crippen molar-refractivity contribution in [3.8, 4) is 11.3 Å². The maximum atomic E-state index is 14.8. The number of hydrogen-bond donors (Lipinski definition) is 2. The Bertz CT molecular complexity index is 1100. The average molecular weight is 483 g/mol. The van der Waals surface area contributed by atoms with E-state index >= 15 is 0 Å². The Kier molecular flexibility index (Phi) is 6.61. The molecule has 1 saturated carbocycles. The summed E-state index contributed by atoms with van der Waals surface area (Å²) in [5.41, 5.74) is 8.82. The molecule has 0 bridgehead atoms. The molecule has 1 aliphatic rings. The maximum absolute atomic E-state index is 14.8. The van der Waals surface area contributed by atoms with Crippen molar-refractivity contribution in [1.29, 1.82) is 0 Å². The second kappa shape index (κ2) is 9.56. The Labute approximate surface area is 189 Å². The molecule has 0 aliphatic heterocycles. The van der Waals surface area contributed by atoms with Gasteiger partial charge in [0, 0.05) is 22.5 Å². The summed E-state index contributed by atoms with van der Waals surface area (Å²) in [6.45, 7) is 0.307. The second-order valence-corrected chi connectivity index (χ2v) is 8.79. The van der Waals surface area contributed by atoms with Crippen molar-refractivity contribution < 1.29 is 9.18 Å². The van der Waals surface area contributed by atoms with Crippen molar-refractivity contribution in [2.24, 2.45) is 0 Å². The number of halogens is 2. The lowest BCUT2D eigenvalue weighted by molar-refractivity contribution is 0.0947. The van der Waals surface area contributed by atoms with Gasteiger partial charge in [-0.15, -0.1) is 0 Å². The van der Waals surface area contributed by atoms with Crippen molar-refractivity contribution in [3.63, 3.8) is 0 Å². The van der Waals surface area contributed by atoms with E-state index in [0.717, 1.165) is 28.6 Å². The van der Waals surface area contributed by atoms with Gasteiger partial charge in [0.25, 0.3) is 5.91 Å². The third-order valence-corrected chi connectivity index (χ3v) is 6.17. The summed E-state index contributed by atoms with van der Waals surface area (Å²) >= 11 is 3.40. The normalized spacial score (nSPS) is 14.4. The van der Waals surface area contributed by atoms with Crippen LogP contribution in [0.5, 0.6) is 0 Å². The van der Waals surface area contributed by atoms with Crippen LogP contribution in [0, 0.1) is 5.82 Å². The van der Waals surface area contributed by atoms with E-state index in [2.05, 4.69) is 26.2 Å². The van der Waals surface area contributed by atoms with Crippen LogP contribution < -0.4 is 11.1 Å². The summed E-state index contributed by atoms with van der Waals surface area (Å²) in [5, 5.41) is 2.75. The number of rotatable bonds is 5. The molecule has 5 nitrogen and oxygen atoms in total. The largest absolute Gasteiger partial charge is 0.382 e. The van der Waals surface area contributed by atoms with Gasteiger partial charge in [-0.3, -0.25) is 4.79 Å². The van der Waals surface area contributed by atoms with Gasteiger partial charge in [0.15, 0.2) is 0 Å². The Balaban J connectivity index is 1.52. The lowest BCUT2D eigenvalue weighted by Crippen LogP contribution is -2.23. The van der Waals surface area contributed by atoms with Gasteiger partial charge in [0.05, 0.1) is 17.5 Å². The van der Waals surface area contributed by atoms with E-state index in [1.807, 2.05) is 24.3 Å². The fourth-order valence-corrected chi connectivity index (χ4v) is 4.44. The van der Waals surface area contributed by atoms with Gasteiger partial charge in [0.2, 0.25) is 0 Å². The van der Waals surface area contributed by atoms with Crippen LogP contribution in [0.15, 0.2) is 53.1 Å². The topological polar surface area (TPSA) is 80.9 Å². The van der Waals surface area contributed by atoms with E-state index in [1.54, 1.807) is 12.3 Å². The zero-order valence-corrected chi connectivity index (χ0v) is 18.7. The molecule has 4 rings (SSSR count). The molecule has 2 aromatic carbocycles. The lowest BCUT2D eigenvalue weighted by Gasteiger charge is -2.21. The van der Waals surface area contributed by atoms with Crippen molar-refractivity contribution in [1.82, 2.24) is 15.3 Å². The average Bonchev–Trinajstić information content (AvgIpc) is 2.78. The van der Waals surface area contributed by atoms with Crippen LogP contribution >= 0.6 is 15.9 Å². The van der Waals surface area contributed by atoms with Crippen molar-refractivity contribution >= 4 is 27.7 Å². The van der Waals surface area contributed by atoms with E-state index in [-0.39, 0.29) is 11.4 Å². The predicted molar refractivity (Wildman–Crippen MR) is 123 cm³/mol. The summed E-state index contributed by atoms with van der Waals surface area (Å²) in [4.78, 5) is 21.5. The highest BCUT2D eigenvalue weighted by Gasteiger charge is 2.20. The molecule has 3 aromatic rings. The first-order valence-corrected chi connectivity index (χ1v) is 11.3. The molecule has 1 aliphatic carbocycles. The number of aromatic nitrogens is 2. The van der Waals surface area contributed by atoms with Gasteiger partial charge in [0.1, 0.15) is 17.3 Å². The van der Waals surface area contributed by atoms with E-state index in [9.17, 15) is 9.18 Å². The Hall–Kier alpha value is -2.80. The fraction of sp³-hybridized carbons (Fsp3) is 0.292. The minimum absolute atomic E-state index is 0.0197. The van der Waals surface area contributed by atoms with Gasteiger partial charge in [-0.2, -0.15) is 0 Å². The molecule has 1 aromatic heterocycles. The third kappa shape index (κ3) is 5.10. The standard InChI is InChI=1S/C24H24BrFN4O/c25-18-8-4-5-15(11-18)13-29-24(31)19-10-9-17(12-20(19)26)22-23(27)28-14-21(30-22)16-6-2-1-3-7-16/h4-5,8-12,14,16H,1-3,6-7,13H2,(H2,27,28)(H,29,31). The monoisotopic (exact) mass is 482 g/mol. The predicted octanol–water partition coefficient (Wildman–Crippen LogP) is 5.61. The Morgan fingerprint density at radius 1 is 1.16 bits per heavy atom. The maximum Gasteiger partial charge on any atom is 0.254 e. The third-order valence-electron chi connectivity index (χ3n) is 5.67. The first kappa shape index (κ1) is 21.4. The minimum atomic E-state index is -0.617. The molecule has 160 valence electrons. The Morgan fingerprint density at radius 3 is 2.71 bits per heavy atom. The fourth-order valence-electron chi connectivity index (χ4n) is 3.99. The zero-order valence-electron chi connectivity index (χ0n) is 17.1. The molecule has 0 spiro atoms. The summed E-state index contributed by atoms with van der Waals surface area (Å²) in [6.07, 6.45) is 7.53. The van der Waals surface area contributed by atoms with Crippen LogP contribution in [-0.4, -0.2) is 15.9 Å². The zero-order chi connectivity index (χ0) is 21.8. The van der Waals surface area contributed by atoms with Gasteiger partial charge in [-0.1, -0.05) is 53.4 Å². The first-order valence-electron chi connectivity index (χ1n) is 10.5. The van der Waals surface area contributed by atoms with E-state index in [0.29, 0.717) is 23.7 Å². The molecule has 1 amide bonds. The number of amides is 1. The number of benzene rings is 2. The molecule has 1 fully saturated rings. The van der Waals surface area contributed by atoms with E-state index < -0.39 is 11.7 Å². The molecule has 7 heteroatoms. The second-order valence-electron chi connectivity index (χ2n) is 7.87. The Morgan fingerprint density at radius 2 is 1.97 bits per heavy atom. The van der Waals surface area contributed by atoms with E-state index in [4.69, 9.17) is 10.7 Å².